The third-order valence-electron chi connectivity index (χ3n) is 2.64. The highest BCUT2D eigenvalue weighted by molar-refractivity contribution is 14.1. The lowest BCUT2D eigenvalue weighted by molar-refractivity contribution is 0.181. The van der Waals surface area contributed by atoms with Gasteiger partial charge in [0.2, 0.25) is 0 Å². The summed E-state index contributed by atoms with van der Waals surface area (Å²) in [4.78, 5) is 4.29. The van der Waals surface area contributed by atoms with E-state index in [1.54, 1.807) is 6.20 Å². The summed E-state index contributed by atoms with van der Waals surface area (Å²) < 4.78 is 1.19. The summed E-state index contributed by atoms with van der Waals surface area (Å²) in [5.41, 5.74) is 1.85. The van der Waals surface area contributed by atoms with Gasteiger partial charge in [0.25, 0.3) is 0 Å². The molecule has 17 heavy (non-hydrogen) atoms. The molecule has 1 N–H and O–H groups in total. The molecule has 3 heteroatoms. The molecule has 0 radical (unpaired) electrons. The van der Waals surface area contributed by atoms with Crippen molar-refractivity contribution in [2.24, 2.45) is 0 Å². The van der Waals surface area contributed by atoms with Gasteiger partial charge in [-0.2, -0.15) is 0 Å². The number of aromatic nitrogens is 1. The van der Waals surface area contributed by atoms with Crippen LogP contribution in [0.3, 0.4) is 0 Å². The Kier molecular flexibility index (Phi) is 4.12. The number of hydrogen-bond donors (Lipinski definition) is 1. The summed E-state index contributed by atoms with van der Waals surface area (Å²) in [6.07, 6.45) is 4.00. The second-order valence-electron chi connectivity index (χ2n) is 4.00. The number of pyridine rings is 1. The zero-order chi connectivity index (χ0) is 12.3. The Morgan fingerprint density at radius 1 is 1.47 bits per heavy atom. The van der Waals surface area contributed by atoms with Crippen molar-refractivity contribution < 1.29 is 5.11 Å². The van der Waals surface area contributed by atoms with Crippen LogP contribution in [-0.2, 0) is 0 Å². The zero-order valence-electron chi connectivity index (χ0n) is 9.60. The molecular weight excluding hydrogens is 325 g/mol. The molecule has 0 aliphatic carbocycles. The van der Waals surface area contributed by atoms with Crippen molar-refractivity contribution in [3.63, 3.8) is 0 Å². The van der Waals surface area contributed by atoms with Crippen LogP contribution in [-0.4, -0.2) is 10.1 Å². The summed E-state index contributed by atoms with van der Waals surface area (Å²) in [5, 5.41) is 11.2. The number of aliphatic hydroxyl groups is 1. The molecule has 1 unspecified atom stereocenters. The van der Waals surface area contributed by atoms with E-state index >= 15 is 0 Å². The lowest BCUT2D eigenvalue weighted by Crippen LogP contribution is -1.96. The number of fused-ring (bicyclic) bond motifs is 1. The monoisotopic (exact) mass is 339 g/mol. The van der Waals surface area contributed by atoms with Gasteiger partial charge in [-0.25, -0.2) is 0 Å². The lowest BCUT2D eigenvalue weighted by atomic mass is 10.0. The Bertz CT molecular complexity index is 547. The molecular formula is C14H14INO. The summed E-state index contributed by atoms with van der Waals surface area (Å²) in [5.74, 6) is 0. The van der Waals surface area contributed by atoms with Crippen molar-refractivity contribution in [2.45, 2.75) is 19.4 Å². The predicted octanol–water partition coefficient (Wildman–Crippen LogP) is 4.00. The van der Waals surface area contributed by atoms with Crippen LogP contribution in [0.15, 0.2) is 46.2 Å². The lowest BCUT2D eigenvalue weighted by Gasteiger charge is -2.09. The number of benzene rings is 1. The van der Waals surface area contributed by atoms with Crippen molar-refractivity contribution in [1.29, 1.82) is 0 Å². The van der Waals surface area contributed by atoms with Gasteiger partial charge in [-0.15, -0.1) is 0 Å². The molecule has 1 aromatic carbocycles. The topological polar surface area (TPSA) is 33.1 Å². The van der Waals surface area contributed by atoms with Crippen molar-refractivity contribution in [3.8, 4) is 0 Å². The number of rotatable bonds is 3. The standard InChI is InChI=1S/C14H14INO/c1-10(15)4-7-14(17)12-6-5-11-3-2-8-16-13(11)9-12/h2-6,8-9,14,17H,7H2,1H3/b10-4-. The SMILES string of the molecule is C/C(I)=C/CC(O)c1ccc2cccnc2c1. The first-order chi connectivity index (χ1) is 8.16. The fourth-order valence-corrected chi connectivity index (χ4v) is 1.96. The van der Waals surface area contributed by atoms with E-state index < -0.39 is 6.10 Å². The van der Waals surface area contributed by atoms with Crippen LogP contribution in [0.2, 0.25) is 0 Å². The van der Waals surface area contributed by atoms with Gasteiger partial charge in [0.1, 0.15) is 0 Å². The van der Waals surface area contributed by atoms with E-state index in [0.717, 1.165) is 16.5 Å². The smallest absolute Gasteiger partial charge is 0.0825 e. The van der Waals surface area contributed by atoms with Gasteiger partial charge in [-0.3, -0.25) is 4.98 Å². The molecule has 1 atom stereocenters. The number of halogens is 1. The van der Waals surface area contributed by atoms with Crippen LogP contribution in [0, 0.1) is 0 Å². The van der Waals surface area contributed by atoms with Crippen LogP contribution in [0.1, 0.15) is 25.0 Å². The fraction of sp³-hybridized carbons (Fsp3) is 0.214. The normalized spacial score (nSPS) is 13.9. The maximum absolute atomic E-state index is 10.1. The molecule has 2 rings (SSSR count). The van der Waals surface area contributed by atoms with Gasteiger partial charge in [0.05, 0.1) is 11.6 Å². The molecule has 0 aliphatic rings. The van der Waals surface area contributed by atoms with E-state index in [1.165, 1.54) is 3.58 Å². The molecule has 0 saturated carbocycles. The second-order valence-corrected chi connectivity index (χ2v) is 5.70. The van der Waals surface area contributed by atoms with Gasteiger partial charge in [-0.05, 0) is 57.2 Å². The molecule has 0 saturated heterocycles. The quantitative estimate of drug-likeness (QED) is 0.858. The zero-order valence-corrected chi connectivity index (χ0v) is 11.8. The highest BCUT2D eigenvalue weighted by Crippen LogP contribution is 2.22. The van der Waals surface area contributed by atoms with Gasteiger partial charge in [0, 0.05) is 11.6 Å². The minimum absolute atomic E-state index is 0.453. The van der Waals surface area contributed by atoms with Crippen LogP contribution in [0.25, 0.3) is 10.9 Å². The molecule has 2 nitrogen and oxygen atoms in total. The average Bonchev–Trinajstić information content (AvgIpc) is 2.35. The van der Waals surface area contributed by atoms with Crippen LogP contribution in [0.4, 0.5) is 0 Å². The Balaban J connectivity index is 2.26. The molecule has 1 heterocycles. The second kappa shape index (κ2) is 5.60. The molecule has 1 aromatic heterocycles. The van der Waals surface area contributed by atoms with Gasteiger partial charge in [0.15, 0.2) is 0 Å². The Hall–Kier alpha value is -0.940. The first-order valence-electron chi connectivity index (χ1n) is 5.52. The molecule has 0 aliphatic heterocycles. The Morgan fingerprint density at radius 2 is 2.29 bits per heavy atom. The molecule has 88 valence electrons. The van der Waals surface area contributed by atoms with Crippen molar-refractivity contribution in [2.75, 3.05) is 0 Å². The van der Waals surface area contributed by atoms with E-state index in [0.29, 0.717) is 6.42 Å². The molecule has 0 amide bonds. The highest BCUT2D eigenvalue weighted by Gasteiger charge is 2.06. The number of allylic oxidation sites excluding steroid dienone is 1. The number of nitrogens with zero attached hydrogens (tertiary/aromatic N) is 1. The third-order valence-corrected chi connectivity index (χ3v) is 3.08. The summed E-state index contributed by atoms with van der Waals surface area (Å²) in [6, 6.07) is 9.86. The third kappa shape index (κ3) is 3.26. The van der Waals surface area contributed by atoms with E-state index in [-0.39, 0.29) is 0 Å². The van der Waals surface area contributed by atoms with Crippen molar-refractivity contribution in [3.05, 3.63) is 51.7 Å². The number of aliphatic hydroxyl groups excluding tert-OH is 1. The molecule has 2 aromatic rings. The first kappa shape index (κ1) is 12.5. The molecule has 0 spiro atoms. The van der Waals surface area contributed by atoms with Crippen LogP contribution >= 0.6 is 22.6 Å². The van der Waals surface area contributed by atoms with Crippen molar-refractivity contribution in [1.82, 2.24) is 4.98 Å². The van der Waals surface area contributed by atoms with E-state index in [2.05, 4.69) is 27.6 Å². The van der Waals surface area contributed by atoms with Crippen LogP contribution < -0.4 is 0 Å². The molecule has 0 fully saturated rings. The van der Waals surface area contributed by atoms with E-state index in [4.69, 9.17) is 0 Å². The van der Waals surface area contributed by atoms with Gasteiger partial charge >= 0.3 is 0 Å². The van der Waals surface area contributed by atoms with Gasteiger partial charge < -0.3 is 5.11 Å². The largest absolute Gasteiger partial charge is 0.388 e. The number of hydrogen-bond acceptors (Lipinski definition) is 2. The maximum atomic E-state index is 10.1. The van der Waals surface area contributed by atoms with E-state index in [9.17, 15) is 5.11 Å². The van der Waals surface area contributed by atoms with Gasteiger partial charge in [-0.1, -0.05) is 24.3 Å². The minimum atomic E-state index is -0.453. The average molecular weight is 339 g/mol. The minimum Gasteiger partial charge on any atom is -0.388 e. The first-order valence-corrected chi connectivity index (χ1v) is 6.59. The summed E-state index contributed by atoms with van der Waals surface area (Å²) in [6.45, 7) is 2.02. The van der Waals surface area contributed by atoms with E-state index in [1.807, 2.05) is 43.3 Å². The maximum Gasteiger partial charge on any atom is 0.0825 e. The Morgan fingerprint density at radius 3 is 3.06 bits per heavy atom. The fourth-order valence-electron chi connectivity index (χ4n) is 1.70. The van der Waals surface area contributed by atoms with Crippen LogP contribution in [0.5, 0.6) is 0 Å². The Labute approximate surface area is 115 Å². The summed E-state index contributed by atoms with van der Waals surface area (Å²) in [7, 11) is 0. The molecule has 0 bridgehead atoms. The van der Waals surface area contributed by atoms with Crippen molar-refractivity contribution >= 4 is 33.5 Å². The summed E-state index contributed by atoms with van der Waals surface area (Å²) >= 11 is 2.25. The predicted molar refractivity (Wildman–Crippen MR) is 79.1 cm³/mol. The highest BCUT2D eigenvalue weighted by atomic mass is 127.